The van der Waals surface area contributed by atoms with E-state index in [-0.39, 0.29) is 18.4 Å². The maximum Gasteiger partial charge on any atom is 0.244 e. The summed E-state index contributed by atoms with van der Waals surface area (Å²) in [6.45, 7) is 5.71. The van der Waals surface area contributed by atoms with E-state index >= 15 is 0 Å². The zero-order valence-corrected chi connectivity index (χ0v) is 13.7. The predicted octanol–water partition coefficient (Wildman–Crippen LogP) is 2.69. The Kier molecular flexibility index (Phi) is 5.46. The summed E-state index contributed by atoms with van der Waals surface area (Å²) in [6.07, 6.45) is 1.67. The summed E-state index contributed by atoms with van der Waals surface area (Å²) in [7, 11) is 0. The quantitative estimate of drug-likeness (QED) is 0.923. The zero-order valence-electron chi connectivity index (χ0n) is 13.7. The van der Waals surface area contributed by atoms with Gasteiger partial charge in [-0.1, -0.05) is 23.8 Å². The highest BCUT2D eigenvalue weighted by molar-refractivity contribution is 5.94. The van der Waals surface area contributed by atoms with Gasteiger partial charge in [-0.2, -0.15) is 0 Å². The maximum atomic E-state index is 12.2. The molecule has 1 aromatic heterocycles. The fourth-order valence-corrected chi connectivity index (χ4v) is 2.28. The largest absolute Gasteiger partial charge is 0.328 e. The first-order chi connectivity index (χ1) is 11.0. The number of hydrogen-bond donors (Lipinski definition) is 1. The van der Waals surface area contributed by atoms with Crippen LogP contribution in [0, 0.1) is 13.8 Å². The molecule has 0 radical (unpaired) electrons. The zero-order chi connectivity index (χ0) is 16.8. The fourth-order valence-electron chi connectivity index (χ4n) is 2.28. The highest BCUT2D eigenvalue weighted by atomic mass is 16.2. The van der Waals surface area contributed by atoms with Crippen LogP contribution in [0.1, 0.15) is 23.7 Å². The van der Waals surface area contributed by atoms with E-state index in [1.54, 1.807) is 6.20 Å². The molecule has 2 amide bonds. The van der Waals surface area contributed by atoms with E-state index in [4.69, 9.17) is 0 Å². The summed E-state index contributed by atoms with van der Waals surface area (Å²) in [4.78, 5) is 29.7. The van der Waals surface area contributed by atoms with Crippen molar-refractivity contribution < 1.29 is 9.59 Å². The lowest BCUT2D eigenvalue weighted by molar-refractivity contribution is -0.133. The molecule has 1 aromatic carbocycles. The Hall–Kier alpha value is -2.69. The predicted molar refractivity (Wildman–Crippen MR) is 89.9 cm³/mol. The summed E-state index contributed by atoms with van der Waals surface area (Å²) < 4.78 is 0. The highest BCUT2D eigenvalue weighted by Gasteiger charge is 2.15. The molecule has 0 spiro atoms. The SMILES string of the molecule is CC(=O)N(CC(=O)Nc1ccc(C)cc1C)Cc1ccccn1. The van der Waals surface area contributed by atoms with Gasteiger partial charge in [-0.3, -0.25) is 14.6 Å². The minimum Gasteiger partial charge on any atom is -0.328 e. The molecule has 1 N–H and O–H groups in total. The number of aromatic nitrogens is 1. The number of aryl methyl sites for hydroxylation is 2. The molecule has 0 saturated carbocycles. The average molecular weight is 311 g/mol. The van der Waals surface area contributed by atoms with Crippen molar-refractivity contribution >= 4 is 17.5 Å². The average Bonchev–Trinajstić information content (AvgIpc) is 2.50. The second-order valence-electron chi connectivity index (χ2n) is 5.56. The maximum absolute atomic E-state index is 12.2. The summed E-state index contributed by atoms with van der Waals surface area (Å²) in [5.74, 6) is -0.380. The lowest BCUT2D eigenvalue weighted by Gasteiger charge is -2.20. The van der Waals surface area contributed by atoms with E-state index in [0.717, 1.165) is 22.5 Å². The Morgan fingerprint density at radius 3 is 2.57 bits per heavy atom. The molecule has 0 aliphatic heterocycles. The molecule has 2 rings (SSSR count). The van der Waals surface area contributed by atoms with Crippen molar-refractivity contribution in [1.82, 2.24) is 9.88 Å². The third-order valence-electron chi connectivity index (χ3n) is 3.51. The minimum atomic E-state index is -0.219. The van der Waals surface area contributed by atoms with Gasteiger partial charge >= 0.3 is 0 Å². The van der Waals surface area contributed by atoms with Crippen LogP contribution in [0.15, 0.2) is 42.6 Å². The minimum absolute atomic E-state index is 0.000770. The Bertz CT molecular complexity index is 699. The molecule has 120 valence electrons. The molecule has 0 fully saturated rings. The van der Waals surface area contributed by atoms with E-state index in [2.05, 4.69) is 10.3 Å². The normalized spacial score (nSPS) is 10.2. The molecule has 0 aliphatic carbocycles. The fraction of sp³-hybridized carbons (Fsp3) is 0.278. The summed E-state index contributed by atoms with van der Waals surface area (Å²) >= 11 is 0. The van der Waals surface area contributed by atoms with Crippen LogP contribution in [0.2, 0.25) is 0 Å². The third kappa shape index (κ3) is 4.92. The van der Waals surface area contributed by atoms with E-state index in [0.29, 0.717) is 6.54 Å². The molecule has 0 aliphatic rings. The van der Waals surface area contributed by atoms with Gasteiger partial charge < -0.3 is 10.2 Å². The standard InChI is InChI=1S/C18H21N3O2/c1-13-7-8-17(14(2)10-13)20-18(23)12-21(15(3)22)11-16-6-4-5-9-19-16/h4-10H,11-12H2,1-3H3,(H,20,23). The smallest absolute Gasteiger partial charge is 0.244 e. The van der Waals surface area contributed by atoms with Gasteiger partial charge in [-0.05, 0) is 37.6 Å². The van der Waals surface area contributed by atoms with Gasteiger partial charge in [0, 0.05) is 18.8 Å². The lowest BCUT2D eigenvalue weighted by atomic mass is 10.1. The van der Waals surface area contributed by atoms with Crippen LogP contribution >= 0.6 is 0 Å². The summed E-state index contributed by atoms with van der Waals surface area (Å²) in [5, 5.41) is 2.86. The van der Waals surface area contributed by atoms with Crippen molar-refractivity contribution in [3.8, 4) is 0 Å². The molecule has 0 saturated heterocycles. The van der Waals surface area contributed by atoms with Crippen LogP contribution in [0.25, 0.3) is 0 Å². The molecule has 5 nitrogen and oxygen atoms in total. The van der Waals surface area contributed by atoms with Crippen LogP contribution in [-0.2, 0) is 16.1 Å². The molecule has 2 aromatic rings. The summed E-state index contributed by atoms with van der Waals surface area (Å²) in [5.41, 5.74) is 3.66. The second kappa shape index (κ2) is 7.54. The van der Waals surface area contributed by atoms with Crippen molar-refractivity contribution in [2.45, 2.75) is 27.3 Å². The van der Waals surface area contributed by atoms with E-state index in [1.165, 1.54) is 11.8 Å². The van der Waals surface area contributed by atoms with Crippen molar-refractivity contribution in [2.75, 3.05) is 11.9 Å². The molecular weight excluding hydrogens is 290 g/mol. The monoisotopic (exact) mass is 311 g/mol. The molecule has 23 heavy (non-hydrogen) atoms. The molecule has 1 heterocycles. The molecule has 0 atom stereocenters. The second-order valence-corrected chi connectivity index (χ2v) is 5.56. The first-order valence-corrected chi connectivity index (χ1v) is 7.48. The number of anilines is 1. The number of carbonyl (C=O) groups is 2. The number of nitrogens with one attached hydrogen (secondary N) is 1. The third-order valence-corrected chi connectivity index (χ3v) is 3.51. The van der Waals surface area contributed by atoms with Gasteiger partial charge in [0.1, 0.15) is 6.54 Å². The van der Waals surface area contributed by atoms with E-state index in [1.807, 2.05) is 50.2 Å². The first kappa shape index (κ1) is 16.7. The van der Waals surface area contributed by atoms with Gasteiger partial charge in [0.25, 0.3) is 0 Å². The lowest BCUT2D eigenvalue weighted by Crippen LogP contribution is -2.36. The van der Waals surface area contributed by atoms with Crippen LogP contribution < -0.4 is 5.32 Å². The molecule has 0 bridgehead atoms. The van der Waals surface area contributed by atoms with Crippen LogP contribution in [0.4, 0.5) is 5.69 Å². The first-order valence-electron chi connectivity index (χ1n) is 7.48. The topological polar surface area (TPSA) is 62.3 Å². The van der Waals surface area contributed by atoms with Crippen molar-refractivity contribution in [1.29, 1.82) is 0 Å². The Morgan fingerprint density at radius 2 is 1.96 bits per heavy atom. The number of nitrogens with zero attached hydrogens (tertiary/aromatic N) is 2. The van der Waals surface area contributed by atoms with Crippen LogP contribution in [-0.4, -0.2) is 28.2 Å². The summed E-state index contributed by atoms with van der Waals surface area (Å²) in [6, 6.07) is 11.3. The molecule has 0 unspecified atom stereocenters. The van der Waals surface area contributed by atoms with Gasteiger partial charge in [-0.15, -0.1) is 0 Å². The number of amides is 2. The van der Waals surface area contributed by atoms with E-state index < -0.39 is 0 Å². The number of carbonyl (C=O) groups excluding carboxylic acids is 2. The Balaban J connectivity index is 2.02. The number of pyridine rings is 1. The Labute approximate surface area is 136 Å². The van der Waals surface area contributed by atoms with Gasteiger partial charge in [0.05, 0.1) is 12.2 Å². The Morgan fingerprint density at radius 1 is 1.17 bits per heavy atom. The van der Waals surface area contributed by atoms with Gasteiger partial charge in [-0.25, -0.2) is 0 Å². The van der Waals surface area contributed by atoms with Crippen LogP contribution in [0.3, 0.4) is 0 Å². The molecular formula is C18H21N3O2. The number of benzene rings is 1. The van der Waals surface area contributed by atoms with Gasteiger partial charge in [0.15, 0.2) is 0 Å². The van der Waals surface area contributed by atoms with Crippen molar-refractivity contribution in [3.05, 3.63) is 59.4 Å². The number of hydrogen-bond acceptors (Lipinski definition) is 3. The number of rotatable bonds is 5. The van der Waals surface area contributed by atoms with Crippen LogP contribution in [0.5, 0.6) is 0 Å². The van der Waals surface area contributed by atoms with Gasteiger partial charge in [0.2, 0.25) is 11.8 Å². The van der Waals surface area contributed by atoms with Crippen molar-refractivity contribution in [2.24, 2.45) is 0 Å². The highest BCUT2D eigenvalue weighted by Crippen LogP contribution is 2.16. The molecule has 5 heteroatoms. The van der Waals surface area contributed by atoms with Crippen molar-refractivity contribution in [3.63, 3.8) is 0 Å². The van der Waals surface area contributed by atoms with E-state index in [9.17, 15) is 9.59 Å².